The Labute approximate surface area is 149 Å². The van der Waals surface area contributed by atoms with Gasteiger partial charge in [-0.3, -0.25) is 18.8 Å². The fraction of sp³-hybridized carbons (Fsp3) is 0.400. The average molecular weight is 393 g/mol. The number of rotatable bonds is 8. The lowest BCUT2D eigenvalue weighted by molar-refractivity contribution is -0.164. The van der Waals surface area contributed by atoms with Gasteiger partial charge in [-0.05, 0) is 38.1 Å². The lowest BCUT2D eigenvalue weighted by Crippen LogP contribution is -2.34. The molecule has 0 aromatic heterocycles. The summed E-state index contributed by atoms with van der Waals surface area (Å²) in [6, 6.07) is 4.74. The normalized spacial score (nSPS) is 13.1. The van der Waals surface area contributed by atoms with E-state index in [9.17, 15) is 22.8 Å². The minimum atomic E-state index is -4.33. The maximum Gasteiger partial charge on any atom is 0.335 e. The zero-order valence-corrected chi connectivity index (χ0v) is 15.1. The predicted molar refractivity (Wildman–Crippen MR) is 89.0 cm³/mol. The molecule has 2 atom stereocenters. The van der Waals surface area contributed by atoms with Crippen LogP contribution in [0.3, 0.4) is 0 Å². The van der Waals surface area contributed by atoms with Gasteiger partial charge in [-0.15, -0.1) is 0 Å². The first-order valence-electron chi connectivity index (χ1n) is 7.15. The van der Waals surface area contributed by atoms with Crippen molar-refractivity contribution in [3.63, 3.8) is 0 Å². The Hall–Kier alpha value is -2.37. The molecule has 1 rings (SSSR count). The van der Waals surface area contributed by atoms with Crippen LogP contribution in [0.4, 0.5) is 10.4 Å². The van der Waals surface area contributed by atoms with E-state index in [-0.39, 0.29) is 15.3 Å². The molecule has 0 saturated carbocycles. The van der Waals surface area contributed by atoms with Crippen LogP contribution in [0.2, 0.25) is 0 Å². The molecule has 26 heavy (non-hydrogen) atoms. The molecule has 9 nitrogen and oxygen atoms in total. The fourth-order valence-corrected chi connectivity index (χ4v) is 2.17. The van der Waals surface area contributed by atoms with Crippen molar-refractivity contribution in [3.05, 3.63) is 24.3 Å². The number of carbonyl (C=O) groups is 3. The number of nitrogens with one attached hydrogen (secondary N) is 1. The summed E-state index contributed by atoms with van der Waals surface area (Å²) in [7, 11) is -3.03. The van der Waals surface area contributed by atoms with E-state index in [4.69, 9.17) is 14.0 Å². The van der Waals surface area contributed by atoms with Gasteiger partial charge in [0.25, 0.3) is 10.1 Å². The fourth-order valence-electron chi connectivity index (χ4n) is 1.69. The lowest BCUT2D eigenvalue weighted by Gasteiger charge is -2.17. The van der Waals surface area contributed by atoms with Crippen molar-refractivity contribution in [1.29, 1.82) is 0 Å². The van der Waals surface area contributed by atoms with Crippen LogP contribution in [0.15, 0.2) is 29.2 Å². The zero-order valence-electron chi connectivity index (χ0n) is 14.3. The number of hydrogen-bond donors (Lipinski definition) is 2. The van der Waals surface area contributed by atoms with Gasteiger partial charge in [0.2, 0.25) is 5.91 Å². The molecule has 0 saturated heterocycles. The maximum atomic E-state index is 12.0. The summed E-state index contributed by atoms with van der Waals surface area (Å²) in [5.41, 5.74) is 0.247. The summed E-state index contributed by atoms with van der Waals surface area (Å²) in [6.45, 7) is 2.62. The molecule has 2 N–H and O–H groups in total. The van der Waals surface area contributed by atoms with Gasteiger partial charge in [0, 0.05) is 12.8 Å². The van der Waals surface area contributed by atoms with E-state index in [0.717, 1.165) is 12.1 Å². The molecule has 0 spiro atoms. The highest BCUT2D eigenvalue weighted by Crippen LogP contribution is 2.14. The predicted octanol–water partition coefficient (Wildman–Crippen LogP) is 0.950. The molecule has 0 aliphatic heterocycles. The van der Waals surface area contributed by atoms with Gasteiger partial charge in [0.05, 0.1) is 11.3 Å². The Morgan fingerprint density at radius 3 is 2.15 bits per heavy atom. The highest BCUT2D eigenvalue weighted by Gasteiger charge is 2.25. The molecule has 1 aromatic carbocycles. The van der Waals surface area contributed by atoms with Crippen LogP contribution in [0.25, 0.3) is 0 Å². The first-order chi connectivity index (χ1) is 11.5. The SMILES string of the molecule is COC(C)C(=O)OC(CC(=O)Nc1ccc(S(=O)(=O)O)cc1)C(C)=O.F. The van der Waals surface area contributed by atoms with Crippen LogP contribution in [0.1, 0.15) is 20.3 Å². The van der Waals surface area contributed by atoms with Crippen molar-refractivity contribution in [1.82, 2.24) is 0 Å². The molecule has 0 fully saturated rings. The van der Waals surface area contributed by atoms with Crippen molar-refractivity contribution >= 4 is 33.5 Å². The van der Waals surface area contributed by atoms with Gasteiger partial charge < -0.3 is 14.8 Å². The highest BCUT2D eigenvalue weighted by atomic mass is 32.2. The standard InChI is InChI=1S/C15H19NO8S.FH/c1-9(17)13(24-15(19)10(2)23-3)8-14(18)16-11-4-6-12(7-5-11)25(20,21)22;/h4-7,10,13H,8H2,1-3H3,(H,16,18)(H,20,21,22);1H. The Bertz CT molecular complexity index is 747. The first-order valence-corrected chi connectivity index (χ1v) is 8.59. The number of anilines is 1. The summed E-state index contributed by atoms with van der Waals surface area (Å²) < 4.78 is 40.5. The number of hydrogen-bond acceptors (Lipinski definition) is 7. The summed E-state index contributed by atoms with van der Waals surface area (Å²) in [6.07, 6.45) is -2.54. The Morgan fingerprint density at radius 1 is 1.19 bits per heavy atom. The van der Waals surface area contributed by atoms with E-state index in [0.29, 0.717) is 0 Å². The molecular weight excluding hydrogens is 373 g/mol. The van der Waals surface area contributed by atoms with Crippen LogP contribution < -0.4 is 5.32 Å². The van der Waals surface area contributed by atoms with Crippen LogP contribution in [0.5, 0.6) is 0 Å². The molecule has 2 unspecified atom stereocenters. The molecular formula is C15H20FNO8S. The quantitative estimate of drug-likeness (QED) is 0.492. The van der Waals surface area contributed by atoms with E-state index in [2.05, 4.69) is 5.32 Å². The second kappa shape index (κ2) is 9.94. The third-order valence-corrected chi connectivity index (χ3v) is 4.07. The Balaban J connectivity index is 0.00000625. The number of Topliss-reactive ketones (excluding diaryl/α,β-unsaturated/α-hetero) is 1. The van der Waals surface area contributed by atoms with Crippen molar-refractivity contribution in [3.8, 4) is 0 Å². The number of amides is 1. The highest BCUT2D eigenvalue weighted by molar-refractivity contribution is 7.85. The van der Waals surface area contributed by atoms with Crippen LogP contribution in [-0.4, -0.2) is 49.9 Å². The van der Waals surface area contributed by atoms with E-state index in [1.165, 1.54) is 33.1 Å². The number of benzene rings is 1. The minimum Gasteiger partial charge on any atom is -0.452 e. The van der Waals surface area contributed by atoms with E-state index >= 15 is 0 Å². The monoisotopic (exact) mass is 393 g/mol. The second-order valence-electron chi connectivity index (χ2n) is 5.17. The van der Waals surface area contributed by atoms with Crippen molar-refractivity contribution in [2.24, 2.45) is 0 Å². The summed E-state index contributed by atoms with van der Waals surface area (Å²) in [5.74, 6) is -1.89. The van der Waals surface area contributed by atoms with Gasteiger partial charge in [-0.2, -0.15) is 8.42 Å². The van der Waals surface area contributed by atoms with Gasteiger partial charge in [-0.25, -0.2) is 4.79 Å². The van der Waals surface area contributed by atoms with Gasteiger partial charge >= 0.3 is 5.97 Å². The number of ketones is 1. The lowest BCUT2D eigenvalue weighted by atomic mass is 10.1. The molecule has 0 aliphatic carbocycles. The number of halogens is 1. The molecule has 1 aromatic rings. The topological polar surface area (TPSA) is 136 Å². The van der Waals surface area contributed by atoms with Gasteiger partial charge in [-0.1, -0.05) is 0 Å². The number of ether oxygens (including phenoxy) is 2. The Morgan fingerprint density at radius 2 is 1.73 bits per heavy atom. The summed E-state index contributed by atoms with van der Waals surface area (Å²) >= 11 is 0. The van der Waals surface area contributed by atoms with E-state index < -0.39 is 46.4 Å². The molecule has 1 amide bonds. The van der Waals surface area contributed by atoms with Gasteiger partial charge in [0.15, 0.2) is 18.0 Å². The second-order valence-corrected chi connectivity index (χ2v) is 6.59. The summed E-state index contributed by atoms with van der Waals surface area (Å²) in [4.78, 5) is 34.8. The third-order valence-electron chi connectivity index (χ3n) is 3.20. The first kappa shape index (κ1) is 23.6. The molecule has 11 heteroatoms. The zero-order chi connectivity index (χ0) is 19.2. The molecule has 0 heterocycles. The number of carbonyl (C=O) groups excluding carboxylic acids is 3. The van der Waals surface area contributed by atoms with E-state index in [1.54, 1.807) is 0 Å². The number of esters is 1. The molecule has 0 radical (unpaired) electrons. The largest absolute Gasteiger partial charge is 0.452 e. The van der Waals surface area contributed by atoms with Crippen molar-refractivity contribution in [2.45, 2.75) is 37.4 Å². The molecule has 146 valence electrons. The van der Waals surface area contributed by atoms with Crippen LogP contribution >= 0.6 is 0 Å². The van der Waals surface area contributed by atoms with Crippen LogP contribution in [-0.2, 0) is 34.0 Å². The molecule has 0 aliphatic rings. The van der Waals surface area contributed by atoms with Crippen molar-refractivity contribution in [2.75, 3.05) is 12.4 Å². The van der Waals surface area contributed by atoms with Crippen LogP contribution in [0, 0.1) is 0 Å². The maximum absolute atomic E-state index is 12.0. The smallest absolute Gasteiger partial charge is 0.335 e. The minimum absolute atomic E-state index is 0. The summed E-state index contributed by atoms with van der Waals surface area (Å²) in [5, 5.41) is 2.43. The van der Waals surface area contributed by atoms with Gasteiger partial charge in [0.1, 0.15) is 0 Å². The third kappa shape index (κ3) is 7.25. The molecule has 0 bridgehead atoms. The number of methoxy groups -OCH3 is 1. The Kier molecular flexibility index (Phi) is 9.04. The average Bonchev–Trinajstić information content (AvgIpc) is 2.52. The van der Waals surface area contributed by atoms with E-state index in [1.807, 2.05) is 0 Å². The van der Waals surface area contributed by atoms with Crippen molar-refractivity contribution < 1.29 is 41.5 Å².